The van der Waals surface area contributed by atoms with Crippen molar-refractivity contribution in [2.24, 2.45) is 5.92 Å². The van der Waals surface area contributed by atoms with E-state index >= 15 is 0 Å². The number of alkyl halides is 1. The quantitative estimate of drug-likeness (QED) is 0.288. The van der Waals surface area contributed by atoms with Gasteiger partial charge in [-0.2, -0.15) is 0 Å². The molecule has 0 aliphatic carbocycles. The summed E-state index contributed by atoms with van der Waals surface area (Å²) in [5.41, 5.74) is -0.708. The number of thioether (sulfide) groups is 1. The number of carbonyl (C=O) groups excluding carboxylic acids is 1. The van der Waals surface area contributed by atoms with E-state index in [1.165, 1.54) is 63.5 Å². The number of hydrogen-bond donors (Lipinski definition) is 5. The summed E-state index contributed by atoms with van der Waals surface area (Å²) in [5, 5.41) is 36.8. The third kappa shape index (κ3) is 7.68. The van der Waals surface area contributed by atoms with E-state index in [4.69, 9.17) is 16.3 Å². The van der Waals surface area contributed by atoms with E-state index in [1.54, 1.807) is 13.2 Å². The molecule has 5 N–H and O–H groups in total. The first kappa shape index (κ1) is 28.4. The predicted octanol–water partition coefficient (Wildman–Crippen LogP) is 1.29. The lowest BCUT2D eigenvalue weighted by Gasteiger charge is -2.44. The molecule has 0 saturated carbocycles. The van der Waals surface area contributed by atoms with Crippen LogP contribution in [0.25, 0.3) is 0 Å². The van der Waals surface area contributed by atoms with Crippen LogP contribution in [0.5, 0.6) is 0 Å². The zero-order valence-corrected chi connectivity index (χ0v) is 22.1. The molecule has 0 bridgehead atoms. The number of hydrogen-bond acceptors (Lipinski definition) is 8. The third-order valence-corrected chi connectivity index (χ3v) is 8.78. The molecule has 3 unspecified atom stereocenters. The molecule has 34 heavy (non-hydrogen) atoms. The van der Waals surface area contributed by atoms with Gasteiger partial charge >= 0.3 is 0 Å². The molecule has 3 aliphatic rings. The molecular weight excluding hydrogens is 478 g/mol. The molecule has 0 aromatic rings. The smallest absolute Gasteiger partial charge is 0.237 e. The van der Waals surface area contributed by atoms with Gasteiger partial charge in [-0.05, 0) is 90.2 Å². The summed E-state index contributed by atoms with van der Waals surface area (Å²) < 4.78 is 5.86. The van der Waals surface area contributed by atoms with Gasteiger partial charge in [0.05, 0.1) is 17.5 Å². The average molecular weight is 522 g/mol. The number of rotatable bonds is 9. The maximum Gasteiger partial charge on any atom is 0.237 e. The summed E-state index contributed by atoms with van der Waals surface area (Å²) in [6, 6.07) is -1.02. The minimum absolute atomic E-state index is 0.163. The Labute approximate surface area is 213 Å². The highest BCUT2D eigenvalue weighted by Crippen LogP contribution is 2.30. The highest BCUT2D eigenvalue weighted by molar-refractivity contribution is 7.99. The first-order valence-corrected chi connectivity index (χ1v) is 14.7. The molecule has 9 atom stereocenters. The number of piperidine rings is 1. The molecule has 198 valence electrons. The molecule has 3 heterocycles. The second kappa shape index (κ2) is 14.0. The highest BCUT2D eigenvalue weighted by atomic mass is 35.5. The summed E-state index contributed by atoms with van der Waals surface area (Å²) in [6.45, 7) is 6.19. The largest absolute Gasteiger partial charge is 0.388 e. The minimum atomic E-state index is -1.37. The highest BCUT2D eigenvalue weighted by Gasteiger charge is 2.48. The van der Waals surface area contributed by atoms with Gasteiger partial charge < -0.3 is 35.6 Å². The van der Waals surface area contributed by atoms with Crippen LogP contribution in [0.3, 0.4) is 0 Å². The minimum Gasteiger partial charge on any atom is -0.388 e. The fraction of sp³-hybridized carbons (Fsp3) is 0.958. The van der Waals surface area contributed by atoms with E-state index in [2.05, 4.69) is 15.5 Å². The van der Waals surface area contributed by atoms with Crippen molar-refractivity contribution in [3.8, 4) is 0 Å². The molecule has 0 aromatic heterocycles. The van der Waals surface area contributed by atoms with Crippen molar-refractivity contribution >= 4 is 29.3 Å². The van der Waals surface area contributed by atoms with Gasteiger partial charge in [0.1, 0.15) is 29.9 Å². The summed E-state index contributed by atoms with van der Waals surface area (Å²) in [5.74, 6) is 0.462. The van der Waals surface area contributed by atoms with Crippen LogP contribution < -0.4 is 10.6 Å². The lowest BCUT2D eigenvalue weighted by molar-refractivity contribution is -0.205. The molecule has 3 rings (SSSR count). The Bertz CT molecular complexity index is 625. The first-order chi connectivity index (χ1) is 16.3. The van der Waals surface area contributed by atoms with Gasteiger partial charge in [0.25, 0.3) is 0 Å². The number of amides is 1. The normalized spacial score (nSPS) is 37.5. The van der Waals surface area contributed by atoms with Gasteiger partial charge in [0, 0.05) is 0 Å². The summed E-state index contributed by atoms with van der Waals surface area (Å²) in [4.78, 5) is 15.7. The number of aliphatic hydroxyl groups excluding tert-OH is 3. The SMILES string of the molecule is CSC1O[C@H]([C@H](NC(=O)[C@@H]2CC[C@H](CCCN3CCCCC3)CCN2)[C@H](C)Cl)C(O)C(O)[C@H]1O. The van der Waals surface area contributed by atoms with E-state index in [0.717, 1.165) is 25.8 Å². The van der Waals surface area contributed by atoms with E-state index in [9.17, 15) is 20.1 Å². The average Bonchev–Trinajstić information content (AvgIpc) is 3.08. The van der Waals surface area contributed by atoms with Crippen LogP contribution in [0, 0.1) is 5.92 Å². The van der Waals surface area contributed by atoms with Crippen LogP contribution >= 0.6 is 23.4 Å². The van der Waals surface area contributed by atoms with Crippen LogP contribution in [-0.2, 0) is 9.53 Å². The molecule has 0 spiro atoms. The fourth-order valence-electron chi connectivity index (χ4n) is 5.50. The summed E-state index contributed by atoms with van der Waals surface area (Å²) in [7, 11) is 0. The van der Waals surface area contributed by atoms with Gasteiger partial charge in [-0.3, -0.25) is 4.79 Å². The molecule has 10 heteroatoms. The van der Waals surface area contributed by atoms with Gasteiger partial charge in [0.15, 0.2) is 0 Å². The molecule has 3 fully saturated rings. The first-order valence-electron chi connectivity index (χ1n) is 12.9. The number of halogens is 1. The van der Waals surface area contributed by atoms with Crippen molar-refractivity contribution in [2.75, 3.05) is 32.4 Å². The van der Waals surface area contributed by atoms with Gasteiger partial charge in [-0.15, -0.1) is 23.4 Å². The zero-order chi connectivity index (χ0) is 24.7. The van der Waals surface area contributed by atoms with Gasteiger partial charge in [-0.1, -0.05) is 6.42 Å². The van der Waals surface area contributed by atoms with Crippen molar-refractivity contribution in [3.05, 3.63) is 0 Å². The number of carbonyl (C=O) groups is 1. The third-order valence-electron chi connectivity index (χ3n) is 7.66. The van der Waals surface area contributed by atoms with Crippen LogP contribution in [0.15, 0.2) is 0 Å². The van der Waals surface area contributed by atoms with Gasteiger partial charge in [0.2, 0.25) is 5.91 Å². The molecular formula is C24H44ClN3O5S. The zero-order valence-electron chi connectivity index (χ0n) is 20.6. The molecule has 3 saturated heterocycles. The number of aliphatic hydroxyl groups is 3. The monoisotopic (exact) mass is 521 g/mol. The maximum atomic E-state index is 13.1. The topological polar surface area (TPSA) is 114 Å². The van der Waals surface area contributed by atoms with Crippen molar-refractivity contribution in [1.29, 1.82) is 0 Å². The fourth-order valence-corrected chi connectivity index (χ4v) is 6.38. The summed E-state index contributed by atoms with van der Waals surface area (Å²) >= 11 is 7.64. The van der Waals surface area contributed by atoms with Crippen molar-refractivity contribution in [2.45, 2.75) is 106 Å². The second-order valence-corrected chi connectivity index (χ2v) is 11.8. The van der Waals surface area contributed by atoms with E-state index in [0.29, 0.717) is 5.92 Å². The van der Waals surface area contributed by atoms with E-state index in [1.807, 2.05) is 0 Å². The Hall–Kier alpha value is -0.130. The van der Waals surface area contributed by atoms with Crippen LogP contribution in [0.1, 0.15) is 58.3 Å². The van der Waals surface area contributed by atoms with E-state index in [-0.39, 0.29) is 11.9 Å². The summed E-state index contributed by atoms with van der Waals surface area (Å²) in [6.07, 6.45) is 6.18. The Morgan fingerprint density at radius 2 is 1.88 bits per heavy atom. The van der Waals surface area contributed by atoms with Crippen molar-refractivity contribution < 1.29 is 24.9 Å². The Kier molecular flexibility index (Phi) is 11.7. The predicted molar refractivity (Wildman–Crippen MR) is 136 cm³/mol. The molecule has 8 nitrogen and oxygen atoms in total. The van der Waals surface area contributed by atoms with Gasteiger partial charge in [-0.25, -0.2) is 0 Å². The number of ether oxygens (including phenoxy) is 1. The van der Waals surface area contributed by atoms with Crippen molar-refractivity contribution in [1.82, 2.24) is 15.5 Å². The molecule has 0 aromatic carbocycles. The van der Waals surface area contributed by atoms with E-state index < -0.39 is 41.3 Å². The standard InChI is InChI=1S/C24H44ClN3O5S/c1-15(25)18(22-20(30)19(29)21(31)24(33-22)34-2)27-23(32)17-9-8-16(10-11-26-17)7-6-14-28-12-4-3-5-13-28/h15-22,24,26,29-31H,3-14H2,1-2H3,(H,27,32)/t15-,16-,17-,18+,19?,20?,21+,22+,24?/m0/s1. The lowest BCUT2D eigenvalue weighted by atomic mass is 9.92. The van der Waals surface area contributed by atoms with Crippen LogP contribution in [0.2, 0.25) is 0 Å². The molecule has 1 amide bonds. The molecule has 0 radical (unpaired) electrons. The Morgan fingerprint density at radius 3 is 2.56 bits per heavy atom. The second-order valence-electron chi connectivity index (χ2n) is 10.2. The number of nitrogens with one attached hydrogen (secondary N) is 2. The lowest BCUT2D eigenvalue weighted by Crippen LogP contribution is -2.65. The maximum absolute atomic E-state index is 13.1. The van der Waals surface area contributed by atoms with Crippen molar-refractivity contribution in [3.63, 3.8) is 0 Å². The number of likely N-dealkylation sites (tertiary alicyclic amines) is 1. The Balaban J connectivity index is 1.49. The van der Waals surface area contributed by atoms with Crippen LogP contribution in [0.4, 0.5) is 0 Å². The van der Waals surface area contributed by atoms with Crippen LogP contribution in [-0.4, -0.2) is 106 Å². The Morgan fingerprint density at radius 1 is 1.15 bits per heavy atom. The number of nitrogens with zero attached hydrogens (tertiary/aromatic N) is 1. The molecule has 3 aliphatic heterocycles.